The molecule has 0 radical (unpaired) electrons. The second-order valence-corrected chi connectivity index (χ2v) is 6.67. The highest BCUT2D eigenvalue weighted by Crippen LogP contribution is 2.49. The van der Waals surface area contributed by atoms with Crippen LogP contribution in [-0.2, 0) is 0 Å². The van der Waals surface area contributed by atoms with Gasteiger partial charge in [-0.05, 0) is 48.1 Å². The maximum Gasteiger partial charge on any atom is 0.0555 e. The molecule has 3 aliphatic rings. The lowest BCUT2D eigenvalue weighted by Crippen LogP contribution is -2.25. The van der Waals surface area contributed by atoms with Gasteiger partial charge in [0.2, 0.25) is 0 Å². The van der Waals surface area contributed by atoms with Gasteiger partial charge in [0.15, 0.2) is 0 Å². The van der Waals surface area contributed by atoms with E-state index in [2.05, 4.69) is 21.3 Å². The van der Waals surface area contributed by atoms with Gasteiger partial charge >= 0.3 is 0 Å². The van der Waals surface area contributed by atoms with Crippen molar-refractivity contribution in [3.05, 3.63) is 24.0 Å². The summed E-state index contributed by atoms with van der Waals surface area (Å²) in [5.41, 5.74) is 2.67. The monoisotopic (exact) mass is 273 g/mol. The highest BCUT2D eigenvalue weighted by atomic mass is 16.3. The molecule has 3 heterocycles. The molecule has 1 aromatic rings. The highest BCUT2D eigenvalue weighted by Gasteiger charge is 2.39. The van der Waals surface area contributed by atoms with Crippen molar-refractivity contribution in [2.24, 2.45) is 17.8 Å². The molecule has 2 saturated heterocycles. The first-order chi connectivity index (χ1) is 9.85. The number of hydrogen-bond acceptors (Lipinski definition) is 4. The van der Waals surface area contributed by atoms with E-state index in [1.54, 1.807) is 0 Å². The largest absolute Gasteiger partial charge is 0.396 e. The van der Waals surface area contributed by atoms with Gasteiger partial charge in [-0.15, -0.1) is 0 Å². The molecular weight excluding hydrogens is 250 g/mol. The molecular formula is C16H23N3O. The molecule has 4 nitrogen and oxygen atoms in total. The molecule has 1 aliphatic carbocycles. The van der Waals surface area contributed by atoms with E-state index in [0.717, 1.165) is 18.3 Å². The minimum absolute atomic E-state index is 0.316. The third-order valence-electron chi connectivity index (χ3n) is 5.35. The Morgan fingerprint density at radius 2 is 2.05 bits per heavy atom. The van der Waals surface area contributed by atoms with Crippen molar-refractivity contribution in [2.75, 3.05) is 37.7 Å². The first kappa shape index (κ1) is 12.6. The summed E-state index contributed by atoms with van der Waals surface area (Å²) < 4.78 is 0. The zero-order chi connectivity index (χ0) is 13.5. The number of fused-ring (bicyclic) bond motifs is 1. The standard InChI is InChI=1S/C16H23N3O/c20-2-1-11-4-16(11)12-3-15(8-18-5-12)19-9-13-6-17-7-14(13)10-19/h3,5,8,11,13-14,16-17,20H,1-2,4,6-7,9-10H2/t11-,13-,14+,16-/m0/s1. The van der Waals surface area contributed by atoms with Crippen LogP contribution in [0.3, 0.4) is 0 Å². The van der Waals surface area contributed by atoms with Gasteiger partial charge in [0.1, 0.15) is 0 Å². The van der Waals surface area contributed by atoms with E-state index in [0.29, 0.717) is 18.4 Å². The highest BCUT2D eigenvalue weighted by molar-refractivity contribution is 5.49. The summed E-state index contributed by atoms with van der Waals surface area (Å²) in [6, 6.07) is 2.34. The Morgan fingerprint density at radius 3 is 2.80 bits per heavy atom. The predicted molar refractivity (Wildman–Crippen MR) is 78.9 cm³/mol. The third kappa shape index (κ3) is 2.21. The van der Waals surface area contributed by atoms with Crippen molar-refractivity contribution in [3.63, 3.8) is 0 Å². The van der Waals surface area contributed by atoms with Crippen LogP contribution >= 0.6 is 0 Å². The summed E-state index contributed by atoms with van der Waals surface area (Å²) in [6.07, 6.45) is 6.20. The number of rotatable bonds is 4. The van der Waals surface area contributed by atoms with Crippen LogP contribution < -0.4 is 10.2 Å². The number of hydrogen-bond donors (Lipinski definition) is 2. The first-order valence-corrected chi connectivity index (χ1v) is 7.86. The summed E-state index contributed by atoms with van der Waals surface area (Å²) in [6.45, 7) is 5.02. The van der Waals surface area contributed by atoms with Gasteiger partial charge in [0, 0.05) is 39.0 Å². The SMILES string of the molecule is OCC[C@H]1C[C@@H]1c1cncc(N2C[C@H]3CNC[C@H]3C2)c1. The maximum absolute atomic E-state index is 9.03. The van der Waals surface area contributed by atoms with E-state index >= 15 is 0 Å². The number of aliphatic hydroxyl groups is 1. The molecule has 108 valence electrons. The van der Waals surface area contributed by atoms with Crippen LogP contribution in [-0.4, -0.2) is 42.9 Å². The fourth-order valence-corrected chi connectivity index (χ4v) is 4.03. The molecule has 0 spiro atoms. The normalized spacial score (nSPS) is 35.4. The Hall–Kier alpha value is -1.13. The Labute approximate surface area is 120 Å². The molecule has 1 saturated carbocycles. The summed E-state index contributed by atoms with van der Waals surface area (Å²) in [4.78, 5) is 6.97. The van der Waals surface area contributed by atoms with Gasteiger partial charge in [-0.2, -0.15) is 0 Å². The van der Waals surface area contributed by atoms with Crippen LogP contribution in [0.1, 0.15) is 24.3 Å². The fraction of sp³-hybridized carbons (Fsp3) is 0.688. The summed E-state index contributed by atoms with van der Waals surface area (Å²) in [7, 11) is 0. The topological polar surface area (TPSA) is 48.4 Å². The molecule has 4 rings (SSSR count). The van der Waals surface area contributed by atoms with E-state index in [4.69, 9.17) is 5.11 Å². The Kier molecular flexibility index (Phi) is 3.15. The van der Waals surface area contributed by atoms with E-state index in [9.17, 15) is 0 Å². The molecule has 4 atom stereocenters. The molecule has 3 fully saturated rings. The van der Waals surface area contributed by atoms with Gasteiger partial charge in [0.25, 0.3) is 0 Å². The lowest BCUT2D eigenvalue weighted by Gasteiger charge is -2.20. The zero-order valence-electron chi connectivity index (χ0n) is 11.8. The Morgan fingerprint density at radius 1 is 1.25 bits per heavy atom. The van der Waals surface area contributed by atoms with Gasteiger partial charge in [-0.25, -0.2) is 0 Å². The molecule has 0 bridgehead atoms. The third-order valence-corrected chi connectivity index (χ3v) is 5.35. The van der Waals surface area contributed by atoms with Crippen molar-refractivity contribution in [3.8, 4) is 0 Å². The van der Waals surface area contributed by atoms with Gasteiger partial charge in [0.05, 0.1) is 11.9 Å². The number of nitrogens with one attached hydrogen (secondary N) is 1. The number of anilines is 1. The second kappa shape index (κ2) is 5.01. The Bertz CT molecular complexity index is 480. The quantitative estimate of drug-likeness (QED) is 0.866. The number of pyridine rings is 1. The molecule has 0 amide bonds. The Balaban J connectivity index is 1.47. The predicted octanol–water partition coefficient (Wildman–Crippen LogP) is 1.22. The maximum atomic E-state index is 9.03. The number of nitrogens with zero attached hydrogens (tertiary/aromatic N) is 2. The van der Waals surface area contributed by atoms with Crippen LogP contribution in [0, 0.1) is 17.8 Å². The summed E-state index contributed by atoms with van der Waals surface area (Å²) >= 11 is 0. The van der Waals surface area contributed by atoms with E-state index in [1.165, 1.54) is 43.9 Å². The van der Waals surface area contributed by atoms with Crippen molar-refractivity contribution in [1.82, 2.24) is 10.3 Å². The molecule has 2 aliphatic heterocycles. The molecule has 20 heavy (non-hydrogen) atoms. The van der Waals surface area contributed by atoms with Crippen molar-refractivity contribution >= 4 is 5.69 Å². The van der Waals surface area contributed by atoms with Crippen molar-refractivity contribution < 1.29 is 5.11 Å². The molecule has 1 aromatic heterocycles. The summed E-state index contributed by atoms with van der Waals surface area (Å²) in [5, 5.41) is 12.5. The van der Waals surface area contributed by atoms with E-state index in [1.807, 2.05) is 12.4 Å². The minimum atomic E-state index is 0.316. The average molecular weight is 273 g/mol. The number of aromatic nitrogens is 1. The molecule has 0 aromatic carbocycles. The minimum Gasteiger partial charge on any atom is -0.396 e. The van der Waals surface area contributed by atoms with Crippen LogP contribution in [0.2, 0.25) is 0 Å². The van der Waals surface area contributed by atoms with Crippen molar-refractivity contribution in [2.45, 2.75) is 18.8 Å². The lowest BCUT2D eigenvalue weighted by atomic mass is 10.0. The second-order valence-electron chi connectivity index (χ2n) is 6.67. The van der Waals surface area contributed by atoms with Crippen LogP contribution in [0.5, 0.6) is 0 Å². The molecule has 4 heteroatoms. The average Bonchev–Trinajstić information content (AvgIpc) is 2.91. The van der Waals surface area contributed by atoms with Crippen LogP contribution in [0.25, 0.3) is 0 Å². The zero-order valence-corrected chi connectivity index (χ0v) is 11.8. The fourth-order valence-electron chi connectivity index (χ4n) is 4.03. The van der Waals surface area contributed by atoms with Crippen LogP contribution in [0.4, 0.5) is 5.69 Å². The smallest absolute Gasteiger partial charge is 0.0555 e. The van der Waals surface area contributed by atoms with E-state index < -0.39 is 0 Å². The first-order valence-electron chi connectivity index (χ1n) is 7.86. The summed E-state index contributed by atoms with van der Waals surface area (Å²) in [5.74, 6) is 2.96. The van der Waals surface area contributed by atoms with Gasteiger partial charge < -0.3 is 15.3 Å². The van der Waals surface area contributed by atoms with Gasteiger partial charge in [-0.3, -0.25) is 4.98 Å². The molecule has 2 N–H and O–H groups in total. The van der Waals surface area contributed by atoms with Crippen LogP contribution in [0.15, 0.2) is 18.5 Å². The lowest BCUT2D eigenvalue weighted by molar-refractivity contribution is 0.279. The van der Waals surface area contributed by atoms with Crippen molar-refractivity contribution in [1.29, 1.82) is 0 Å². The number of aliphatic hydroxyl groups excluding tert-OH is 1. The van der Waals surface area contributed by atoms with Gasteiger partial charge in [-0.1, -0.05) is 0 Å². The molecule has 0 unspecified atom stereocenters. The van der Waals surface area contributed by atoms with E-state index in [-0.39, 0.29) is 0 Å².